The molecule has 76 valence electrons. The third kappa shape index (κ3) is 2.44. The predicted octanol–water partition coefficient (Wildman–Crippen LogP) is 3.34. The highest BCUT2D eigenvalue weighted by atomic mass is 35.5. The topological polar surface area (TPSA) is 24.9 Å². The molecule has 1 fully saturated rings. The third-order valence-electron chi connectivity index (χ3n) is 2.21. The summed E-state index contributed by atoms with van der Waals surface area (Å²) in [4.78, 5) is 4.10. The number of pyridine rings is 1. The van der Waals surface area contributed by atoms with Crippen LogP contribution < -0.4 is 5.32 Å². The molecule has 5 heteroatoms. The van der Waals surface area contributed by atoms with Crippen LogP contribution in [-0.2, 0) is 0 Å². The van der Waals surface area contributed by atoms with Crippen LogP contribution in [0.15, 0.2) is 18.3 Å². The summed E-state index contributed by atoms with van der Waals surface area (Å²) >= 11 is 17.5. The van der Waals surface area contributed by atoms with Crippen molar-refractivity contribution in [2.24, 2.45) is 5.92 Å². The molecule has 1 aromatic heterocycles. The van der Waals surface area contributed by atoms with Crippen LogP contribution >= 0.6 is 34.8 Å². The second-order valence-electron chi connectivity index (χ2n) is 3.40. The van der Waals surface area contributed by atoms with Gasteiger partial charge in [-0.05, 0) is 18.6 Å². The fourth-order valence-corrected chi connectivity index (χ4v) is 1.84. The molecule has 1 unspecified atom stereocenters. The van der Waals surface area contributed by atoms with Crippen LogP contribution in [0.3, 0.4) is 0 Å². The average Bonchev–Trinajstić information content (AvgIpc) is 2.73. The summed E-state index contributed by atoms with van der Waals surface area (Å²) in [6.45, 7) is 0.752. The van der Waals surface area contributed by atoms with Crippen molar-refractivity contribution in [2.45, 2.75) is 10.8 Å². The average molecular weight is 252 g/mol. The van der Waals surface area contributed by atoms with Crippen LogP contribution in [0.1, 0.15) is 6.42 Å². The molecule has 1 N–H and O–H groups in total. The van der Waals surface area contributed by atoms with Gasteiger partial charge >= 0.3 is 0 Å². The second kappa shape index (κ2) is 3.76. The zero-order valence-electron chi connectivity index (χ0n) is 7.30. The Kier molecular flexibility index (Phi) is 2.78. The Labute approximate surface area is 97.6 Å². The lowest BCUT2D eigenvalue weighted by Crippen LogP contribution is -2.08. The number of nitrogens with one attached hydrogen (secondary N) is 1. The van der Waals surface area contributed by atoms with Gasteiger partial charge in [0.1, 0.15) is 10.2 Å². The van der Waals surface area contributed by atoms with Gasteiger partial charge in [0.15, 0.2) is 0 Å². The maximum atomic E-state index is 5.88. The maximum absolute atomic E-state index is 5.88. The monoisotopic (exact) mass is 250 g/mol. The summed E-state index contributed by atoms with van der Waals surface area (Å²) < 4.78 is -0.528. The molecular formula is C9H9Cl3N2. The maximum Gasteiger partial charge on any atom is 0.125 e. The Morgan fingerprint density at radius 2 is 2.21 bits per heavy atom. The number of alkyl halides is 2. The van der Waals surface area contributed by atoms with Crippen molar-refractivity contribution in [1.29, 1.82) is 0 Å². The van der Waals surface area contributed by atoms with Gasteiger partial charge in [0, 0.05) is 18.7 Å². The molecule has 1 heterocycles. The van der Waals surface area contributed by atoms with Gasteiger partial charge in [-0.1, -0.05) is 11.6 Å². The van der Waals surface area contributed by atoms with Crippen molar-refractivity contribution in [3.05, 3.63) is 23.4 Å². The summed E-state index contributed by atoms with van der Waals surface area (Å²) in [5, 5.41) is 3.78. The van der Waals surface area contributed by atoms with Crippen molar-refractivity contribution in [3.63, 3.8) is 0 Å². The first kappa shape index (κ1) is 10.3. The lowest BCUT2D eigenvalue weighted by molar-refractivity contribution is 0.869. The number of hydrogen-bond donors (Lipinski definition) is 1. The minimum absolute atomic E-state index is 0.323. The molecule has 14 heavy (non-hydrogen) atoms. The molecule has 1 aliphatic carbocycles. The standard InChI is InChI=1S/C9H9Cl3N2/c10-7-1-2-8(14-5-7)13-4-6-3-9(6,11)12/h1-2,5-6H,3-4H2,(H,13,14). The first-order valence-corrected chi connectivity index (χ1v) is 5.44. The van der Waals surface area contributed by atoms with Crippen LogP contribution in [0.25, 0.3) is 0 Å². The number of rotatable bonds is 3. The van der Waals surface area contributed by atoms with Gasteiger partial charge in [-0.3, -0.25) is 0 Å². The largest absolute Gasteiger partial charge is 0.370 e. The summed E-state index contributed by atoms with van der Waals surface area (Å²) in [6.07, 6.45) is 2.45. The zero-order chi connectivity index (χ0) is 10.2. The lowest BCUT2D eigenvalue weighted by atomic mass is 10.4. The van der Waals surface area contributed by atoms with E-state index in [0.29, 0.717) is 10.9 Å². The van der Waals surface area contributed by atoms with Gasteiger partial charge in [-0.15, -0.1) is 23.2 Å². The Morgan fingerprint density at radius 1 is 1.50 bits per heavy atom. The Balaban J connectivity index is 1.84. The van der Waals surface area contributed by atoms with E-state index in [1.54, 1.807) is 12.3 Å². The van der Waals surface area contributed by atoms with E-state index in [1.165, 1.54) is 0 Å². The van der Waals surface area contributed by atoms with Gasteiger partial charge in [0.05, 0.1) is 5.02 Å². The number of halogens is 3. The van der Waals surface area contributed by atoms with Crippen LogP contribution in [0.5, 0.6) is 0 Å². The van der Waals surface area contributed by atoms with Gasteiger partial charge in [-0.2, -0.15) is 0 Å². The van der Waals surface area contributed by atoms with Crippen LogP contribution in [0, 0.1) is 5.92 Å². The van der Waals surface area contributed by atoms with Crippen LogP contribution in [-0.4, -0.2) is 15.9 Å². The molecule has 0 spiro atoms. The van der Waals surface area contributed by atoms with Crippen molar-refractivity contribution in [3.8, 4) is 0 Å². The number of hydrogen-bond acceptors (Lipinski definition) is 2. The van der Waals surface area contributed by atoms with E-state index in [9.17, 15) is 0 Å². The van der Waals surface area contributed by atoms with Crippen LogP contribution in [0.2, 0.25) is 5.02 Å². The fourth-order valence-electron chi connectivity index (χ4n) is 1.20. The highest BCUT2D eigenvalue weighted by molar-refractivity contribution is 6.50. The predicted molar refractivity (Wildman–Crippen MR) is 60.3 cm³/mol. The van der Waals surface area contributed by atoms with E-state index in [0.717, 1.165) is 18.8 Å². The third-order valence-corrected chi connectivity index (χ3v) is 3.36. The van der Waals surface area contributed by atoms with Crippen molar-refractivity contribution in [1.82, 2.24) is 4.98 Å². The molecule has 1 saturated carbocycles. The summed E-state index contributed by atoms with van der Waals surface area (Å²) in [7, 11) is 0. The number of nitrogens with zero attached hydrogens (tertiary/aromatic N) is 1. The van der Waals surface area contributed by atoms with Crippen LogP contribution in [0.4, 0.5) is 5.82 Å². The quantitative estimate of drug-likeness (QED) is 0.834. The highest BCUT2D eigenvalue weighted by Gasteiger charge is 2.51. The van der Waals surface area contributed by atoms with Crippen molar-refractivity contribution < 1.29 is 0 Å². The second-order valence-corrected chi connectivity index (χ2v) is 5.38. The molecule has 2 nitrogen and oxygen atoms in total. The Hall–Kier alpha value is -0.180. The molecule has 0 bridgehead atoms. The van der Waals surface area contributed by atoms with Crippen molar-refractivity contribution in [2.75, 3.05) is 11.9 Å². The summed E-state index contributed by atoms with van der Waals surface area (Å²) in [5.41, 5.74) is 0. The first-order valence-electron chi connectivity index (χ1n) is 4.31. The van der Waals surface area contributed by atoms with E-state index < -0.39 is 4.33 Å². The summed E-state index contributed by atoms with van der Waals surface area (Å²) in [6, 6.07) is 3.62. The van der Waals surface area contributed by atoms with E-state index in [2.05, 4.69) is 10.3 Å². The molecule has 0 saturated heterocycles. The normalized spacial score (nSPS) is 23.2. The van der Waals surface area contributed by atoms with Crippen molar-refractivity contribution >= 4 is 40.6 Å². The smallest absolute Gasteiger partial charge is 0.125 e. The van der Waals surface area contributed by atoms with Gasteiger partial charge < -0.3 is 5.32 Å². The molecule has 0 amide bonds. The molecule has 0 aromatic carbocycles. The Morgan fingerprint density at radius 3 is 2.71 bits per heavy atom. The van der Waals surface area contributed by atoms with E-state index >= 15 is 0 Å². The molecule has 1 aliphatic rings. The Bertz CT molecular complexity index is 323. The molecular weight excluding hydrogens is 242 g/mol. The molecule has 1 atom stereocenters. The molecule has 1 aromatic rings. The van der Waals surface area contributed by atoms with E-state index in [1.807, 2.05) is 6.07 Å². The van der Waals surface area contributed by atoms with Gasteiger partial charge in [0.25, 0.3) is 0 Å². The fraction of sp³-hybridized carbons (Fsp3) is 0.444. The minimum atomic E-state index is -0.528. The number of aromatic nitrogens is 1. The van der Waals surface area contributed by atoms with Gasteiger partial charge in [-0.25, -0.2) is 4.98 Å². The zero-order valence-corrected chi connectivity index (χ0v) is 9.57. The van der Waals surface area contributed by atoms with E-state index in [-0.39, 0.29) is 0 Å². The summed E-state index contributed by atoms with van der Waals surface area (Å²) in [5.74, 6) is 1.12. The molecule has 0 aliphatic heterocycles. The molecule has 0 radical (unpaired) electrons. The number of anilines is 1. The van der Waals surface area contributed by atoms with Gasteiger partial charge in [0.2, 0.25) is 0 Å². The van der Waals surface area contributed by atoms with E-state index in [4.69, 9.17) is 34.8 Å². The molecule has 2 rings (SSSR count). The lowest BCUT2D eigenvalue weighted by Gasteiger charge is -2.04. The first-order chi connectivity index (χ1) is 6.58. The highest BCUT2D eigenvalue weighted by Crippen LogP contribution is 2.52. The SMILES string of the molecule is Clc1ccc(NCC2CC2(Cl)Cl)nc1. The minimum Gasteiger partial charge on any atom is -0.370 e.